The monoisotopic (exact) mass is 225 g/mol. The molecule has 2 rings (SSSR count). The Balaban J connectivity index is 2.02. The number of hydrogen-bond acceptors (Lipinski definition) is 2. The van der Waals surface area contributed by atoms with Gasteiger partial charge in [0.1, 0.15) is 0 Å². The molecule has 1 aliphatic heterocycles. The van der Waals surface area contributed by atoms with Gasteiger partial charge >= 0.3 is 5.97 Å². The van der Waals surface area contributed by atoms with E-state index in [4.69, 9.17) is 5.11 Å². The highest BCUT2D eigenvalue weighted by molar-refractivity contribution is 5.84. The highest BCUT2D eigenvalue weighted by Crippen LogP contribution is 2.53. The van der Waals surface area contributed by atoms with Crippen LogP contribution in [0, 0.1) is 17.3 Å². The number of amides is 1. The summed E-state index contributed by atoms with van der Waals surface area (Å²) in [6.07, 6.45) is 1.53. The van der Waals surface area contributed by atoms with Gasteiger partial charge in [-0.1, -0.05) is 13.8 Å². The van der Waals surface area contributed by atoms with Gasteiger partial charge in [0.2, 0.25) is 5.91 Å². The molecule has 1 amide bonds. The van der Waals surface area contributed by atoms with Crippen LogP contribution in [-0.2, 0) is 9.59 Å². The number of aliphatic carboxylic acids is 1. The number of carbonyl (C=O) groups is 2. The quantitative estimate of drug-likeness (QED) is 0.771. The number of nitrogens with zero attached hydrogens (tertiary/aromatic N) is 1. The number of likely N-dealkylation sites (tertiary alicyclic amines) is 1. The summed E-state index contributed by atoms with van der Waals surface area (Å²) < 4.78 is 0. The van der Waals surface area contributed by atoms with Gasteiger partial charge in [-0.15, -0.1) is 0 Å². The molecule has 90 valence electrons. The SMILES string of the molecule is CC1C(C(=O)O)CCN1C(=O)[C@H]1CC1(C)C. The third-order valence-electron chi connectivity index (χ3n) is 4.17. The number of rotatable bonds is 2. The number of carbonyl (C=O) groups excluding carboxylic acids is 1. The molecule has 2 aliphatic rings. The van der Waals surface area contributed by atoms with Crippen molar-refractivity contribution >= 4 is 11.9 Å². The molecule has 0 aromatic carbocycles. The van der Waals surface area contributed by atoms with Crippen molar-refractivity contribution in [1.82, 2.24) is 4.90 Å². The molecule has 0 radical (unpaired) electrons. The van der Waals surface area contributed by atoms with Crippen LogP contribution in [0.15, 0.2) is 0 Å². The van der Waals surface area contributed by atoms with E-state index in [1.165, 1.54) is 0 Å². The van der Waals surface area contributed by atoms with Crippen LogP contribution >= 0.6 is 0 Å². The summed E-state index contributed by atoms with van der Waals surface area (Å²) in [6.45, 7) is 6.62. The van der Waals surface area contributed by atoms with E-state index < -0.39 is 5.97 Å². The Morgan fingerprint density at radius 1 is 1.38 bits per heavy atom. The van der Waals surface area contributed by atoms with Gasteiger partial charge in [-0.2, -0.15) is 0 Å². The minimum absolute atomic E-state index is 0.113. The van der Waals surface area contributed by atoms with Gasteiger partial charge in [0, 0.05) is 18.5 Å². The smallest absolute Gasteiger partial charge is 0.308 e. The van der Waals surface area contributed by atoms with Crippen molar-refractivity contribution in [2.45, 2.75) is 39.7 Å². The van der Waals surface area contributed by atoms with Crippen LogP contribution in [0.2, 0.25) is 0 Å². The first-order chi connectivity index (χ1) is 7.34. The standard InChI is InChI=1S/C12H19NO3/c1-7-8(11(15)16)4-5-13(7)10(14)9-6-12(9,2)3/h7-9H,4-6H2,1-3H3,(H,15,16)/t7?,8?,9-/m1/s1. The normalized spacial score (nSPS) is 36.2. The van der Waals surface area contributed by atoms with Gasteiger partial charge < -0.3 is 10.0 Å². The van der Waals surface area contributed by atoms with Crippen molar-refractivity contribution in [3.05, 3.63) is 0 Å². The van der Waals surface area contributed by atoms with Crippen molar-refractivity contribution in [2.24, 2.45) is 17.3 Å². The zero-order valence-electron chi connectivity index (χ0n) is 10.1. The topological polar surface area (TPSA) is 57.6 Å². The van der Waals surface area contributed by atoms with E-state index in [2.05, 4.69) is 13.8 Å². The zero-order valence-corrected chi connectivity index (χ0v) is 10.1. The first-order valence-electron chi connectivity index (χ1n) is 5.88. The van der Waals surface area contributed by atoms with E-state index in [1.807, 2.05) is 6.92 Å². The maximum atomic E-state index is 12.1. The molecule has 2 fully saturated rings. The predicted molar refractivity (Wildman–Crippen MR) is 58.8 cm³/mol. The third kappa shape index (κ3) is 1.70. The highest BCUT2D eigenvalue weighted by Gasteiger charge is 2.53. The molecule has 1 saturated heterocycles. The lowest BCUT2D eigenvalue weighted by Crippen LogP contribution is -2.39. The fraction of sp³-hybridized carbons (Fsp3) is 0.833. The van der Waals surface area contributed by atoms with Gasteiger partial charge in [0.05, 0.1) is 5.92 Å². The number of carboxylic acid groups (broad SMARTS) is 1. The maximum absolute atomic E-state index is 12.1. The average Bonchev–Trinajstić information content (AvgIpc) is 2.64. The van der Waals surface area contributed by atoms with E-state index in [9.17, 15) is 9.59 Å². The van der Waals surface area contributed by atoms with E-state index >= 15 is 0 Å². The molecule has 1 N–H and O–H groups in total. The zero-order chi connectivity index (χ0) is 12.1. The summed E-state index contributed by atoms with van der Waals surface area (Å²) in [6, 6.07) is -0.151. The van der Waals surface area contributed by atoms with Crippen LogP contribution in [-0.4, -0.2) is 34.5 Å². The molecule has 0 spiro atoms. The molecule has 2 unspecified atom stereocenters. The molecule has 0 aromatic rings. The van der Waals surface area contributed by atoms with Crippen molar-refractivity contribution in [3.8, 4) is 0 Å². The Kier molecular flexibility index (Phi) is 2.48. The van der Waals surface area contributed by atoms with Crippen LogP contribution in [0.25, 0.3) is 0 Å². The molecule has 1 heterocycles. The Hall–Kier alpha value is -1.06. The summed E-state index contributed by atoms with van der Waals surface area (Å²) in [5.74, 6) is -0.896. The van der Waals surface area contributed by atoms with Gasteiger partial charge in [-0.3, -0.25) is 9.59 Å². The lowest BCUT2D eigenvalue weighted by Gasteiger charge is -2.24. The number of carboxylic acids is 1. The molecule has 0 aromatic heterocycles. The second kappa shape index (κ2) is 3.47. The largest absolute Gasteiger partial charge is 0.481 e. The number of hydrogen-bond donors (Lipinski definition) is 1. The summed E-state index contributed by atoms with van der Waals surface area (Å²) in [7, 11) is 0. The summed E-state index contributed by atoms with van der Waals surface area (Å²) in [5.41, 5.74) is 0.123. The molecular weight excluding hydrogens is 206 g/mol. The predicted octanol–water partition coefficient (Wildman–Crippen LogP) is 1.35. The third-order valence-corrected chi connectivity index (χ3v) is 4.17. The Bertz CT molecular complexity index is 337. The van der Waals surface area contributed by atoms with Crippen molar-refractivity contribution in [3.63, 3.8) is 0 Å². The minimum atomic E-state index is -0.780. The fourth-order valence-electron chi connectivity index (χ4n) is 2.67. The first kappa shape index (κ1) is 11.4. The van der Waals surface area contributed by atoms with Crippen molar-refractivity contribution in [2.75, 3.05) is 6.54 Å². The van der Waals surface area contributed by atoms with Gasteiger partial charge in [0.25, 0.3) is 0 Å². The second-order valence-corrected chi connectivity index (χ2v) is 5.75. The minimum Gasteiger partial charge on any atom is -0.481 e. The molecule has 4 heteroatoms. The molecule has 1 aliphatic carbocycles. The van der Waals surface area contributed by atoms with Crippen LogP contribution in [0.1, 0.15) is 33.6 Å². The van der Waals surface area contributed by atoms with E-state index in [0.717, 1.165) is 6.42 Å². The molecule has 4 nitrogen and oxygen atoms in total. The highest BCUT2D eigenvalue weighted by atomic mass is 16.4. The van der Waals surface area contributed by atoms with Crippen molar-refractivity contribution < 1.29 is 14.7 Å². The molecule has 16 heavy (non-hydrogen) atoms. The van der Waals surface area contributed by atoms with Crippen LogP contribution in [0.5, 0.6) is 0 Å². The van der Waals surface area contributed by atoms with Crippen LogP contribution in [0.3, 0.4) is 0 Å². The van der Waals surface area contributed by atoms with Crippen molar-refractivity contribution in [1.29, 1.82) is 0 Å². The van der Waals surface area contributed by atoms with Gasteiger partial charge in [-0.05, 0) is 25.2 Å². The van der Waals surface area contributed by atoms with E-state index in [1.54, 1.807) is 4.90 Å². The van der Waals surface area contributed by atoms with Gasteiger partial charge in [-0.25, -0.2) is 0 Å². The van der Waals surface area contributed by atoms with Crippen LogP contribution in [0.4, 0.5) is 0 Å². The Morgan fingerprint density at radius 3 is 2.31 bits per heavy atom. The summed E-state index contributed by atoms with van der Waals surface area (Å²) in [5, 5.41) is 9.00. The van der Waals surface area contributed by atoms with Crippen LogP contribution < -0.4 is 0 Å². The molecule has 0 bridgehead atoms. The maximum Gasteiger partial charge on any atom is 0.308 e. The second-order valence-electron chi connectivity index (χ2n) is 5.75. The fourth-order valence-corrected chi connectivity index (χ4v) is 2.67. The average molecular weight is 225 g/mol. The summed E-state index contributed by atoms with van der Waals surface area (Å²) >= 11 is 0. The lowest BCUT2D eigenvalue weighted by molar-refractivity contribution is -0.143. The summed E-state index contributed by atoms with van der Waals surface area (Å²) in [4.78, 5) is 24.9. The molecular formula is C12H19NO3. The Labute approximate surface area is 95.6 Å². The van der Waals surface area contributed by atoms with E-state index in [0.29, 0.717) is 13.0 Å². The lowest BCUT2D eigenvalue weighted by atomic mass is 10.0. The Morgan fingerprint density at radius 2 is 1.94 bits per heavy atom. The molecule has 1 saturated carbocycles. The van der Waals surface area contributed by atoms with E-state index in [-0.39, 0.29) is 29.2 Å². The first-order valence-corrected chi connectivity index (χ1v) is 5.88. The molecule has 3 atom stereocenters. The van der Waals surface area contributed by atoms with Gasteiger partial charge in [0.15, 0.2) is 0 Å².